The summed E-state index contributed by atoms with van der Waals surface area (Å²) < 4.78 is 4.67. The molecule has 9 nitrogen and oxygen atoms in total. The number of carbonyl (C=O) groups excluding carboxylic acids is 4. The third kappa shape index (κ3) is 3.45. The Bertz CT molecular complexity index is 734. The normalized spacial score (nSPS) is 21.8. The highest BCUT2D eigenvalue weighted by Crippen LogP contribution is 2.28. The first kappa shape index (κ1) is 16.9. The van der Waals surface area contributed by atoms with Gasteiger partial charge in [0.15, 0.2) is 0 Å². The molecule has 0 unspecified atom stereocenters. The van der Waals surface area contributed by atoms with Gasteiger partial charge in [-0.2, -0.15) is 0 Å². The minimum Gasteiger partial charge on any atom is -0.548 e. The second-order valence-corrected chi connectivity index (χ2v) is 5.81. The van der Waals surface area contributed by atoms with Crippen LogP contribution >= 0.6 is 0 Å². The smallest absolute Gasteiger partial charge is 0.256 e. The topological polar surface area (TPSA) is 128 Å². The summed E-state index contributed by atoms with van der Waals surface area (Å²) in [5, 5.41) is 15.6. The molecule has 2 atom stereocenters. The van der Waals surface area contributed by atoms with E-state index >= 15 is 0 Å². The molecule has 1 aromatic rings. The highest BCUT2D eigenvalue weighted by molar-refractivity contribution is 6.10. The van der Waals surface area contributed by atoms with Crippen molar-refractivity contribution >= 4 is 29.4 Å². The van der Waals surface area contributed by atoms with Crippen molar-refractivity contribution in [3.05, 3.63) is 29.8 Å². The molecule has 0 radical (unpaired) electrons. The lowest BCUT2D eigenvalue weighted by Crippen LogP contribution is -2.52. The van der Waals surface area contributed by atoms with Crippen LogP contribution in [0.5, 0.6) is 0 Å². The van der Waals surface area contributed by atoms with Gasteiger partial charge in [0.1, 0.15) is 12.6 Å². The SMILES string of the molecule is O=C([O-])COCC(=O)N[C@H]1CCN2C(=O)c3ccccc3NC(=O)[C@H]12. The maximum absolute atomic E-state index is 12.7. The van der Waals surface area contributed by atoms with Gasteiger partial charge in [-0.3, -0.25) is 14.4 Å². The van der Waals surface area contributed by atoms with Crippen LogP contribution in [0.25, 0.3) is 0 Å². The van der Waals surface area contributed by atoms with E-state index in [9.17, 15) is 24.3 Å². The molecule has 0 aliphatic carbocycles. The number of ether oxygens (including phenoxy) is 1. The molecule has 2 N–H and O–H groups in total. The number of benzene rings is 1. The van der Waals surface area contributed by atoms with E-state index in [1.165, 1.54) is 4.90 Å². The molecule has 0 bridgehead atoms. The summed E-state index contributed by atoms with van der Waals surface area (Å²) in [4.78, 5) is 48.8. The fourth-order valence-electron chi connectivity index (χ4n) is 3.11. The van der Waals surface area contributed by atoms with Gasteiger partial charge < -0.3 is 30.2 Å². The highest BCUT2D eigenvalue weighted by Gasteiger charge is 2.45. The number of nitrogens with zero attached hydrogens (tertiary/aromatic N) is 1. The number of amides is 3. The average Bonchev–Trinajstić information content (AvgIpc) is 2.93. The fourth-order valence-corrected chi connectivity index (χ4v) is 3.11. The van der Waals surface area contributed by atoms with Crippen molar-refractivity contribution in [3.8, 4) is 0 Å². The summed E-state index contributed by atoms with van der Waals surface area (Å²) in [5.41, 5.74) is 0.844. The zero-order chi connectivity index (χ0) is 18.0. The van der Waals surface area contributed by atoms with Gasteiger partial charge in [0.05, 0.1) is 29.9 Å². The van der Waals surface area contributed by atoms with Crippen LogP contribution in [0.1, 0.15) is 16.8 Å². The van der Waals surface area contributed by atoms with Crippen molar-refractivity contribution in [1.29, 1.82) is 0 Å². The first-order valence-electron chi connectivity index (χ1n) is 7.75. The maximum atomic E-state index is 12.7. The zero-order valence-corrected chi connectivity index (χ0v) is 13.2. The Balaban J connectivity index is 1.70. The van der Waals surface area contributed by atoms with E-state index in [2.05, 4.69) is 15.4 Å². The molecule has 2 aliphatic rings. The molecule has 0 saturated carbocycles. The van der Waals surface area contributed by atoms with E-state index in [4.69, 9.17) is 0 Å². The summed E-state index contributed by atoms with van der Waals surface area (Å²) in [6.45, 7) is -0.828. The molecule has 3 amide bonds. The lowest BCUT2D eigenvalue weighted by Gasteiger charge is -2.24. The summed E-state index contributed by atoms with van der Waals surface area (Å²) in [6.07, 6.45) is 0.415. The number of nitrogens with one attached hydrogen (secondary N) is 2. The first-order valence-corrected chi connectivity index (χ1v) is 7.75. The van der Waals surface area contributed by atoms with Crippen LogP contribution in [0, 0.1) is 0 Å². The Hall–Kier alpha value is -2.94. The predicted molar refractivity (Wildman–Crippen MR) is 82.3 cm³/mol. The van der Waals surface area contributed by atoms with Crippen LogP contribution in [-0.2, 0) is 19.1 Å². The van der Waals surface area contributed by atoms with Crippen LogP contribution in [0.15, 0.2) is 24.3 Å². The molecule has 1 saturated heterocycles. The van der Waals surface area contributed by atoms with Crippen molar-refractivity contribution in [2.24, 2.45) is 0 Å². The van der Waals surface area contributed by atoms with Crippen LogP contribution in [-0.4, -0.2) is 60.4 Å². The van der Waals surface area contributed by atoms with Crippen LogP contribution in [0.3, 0.4) is 0 Å². The van der Waals surface area contributed by atoms with Crippen LogP contribution in [0.4, 0.5) is 5.69 Å². The van der Waals surface area contributed by atoms with E-state index in [1.807, 2.05) is 0 Å². The second kappa shape index (κ2) is 6.89. The molecule has 0 aromatic heterocycles. The number of anilines is 1. The number of hydrogen-bond donors (Lipinski definition) is 2. The maximum Gasteiger partial charge on any atom is 0.256 e. The molecule has 2 heterocycles. The number of rotatable bonds is 5. The summed E-state index contributed by atoms with van der Waals surface area (Å²) in [7, 11) is 0. The molecule has 1 aromatic carbocycles. The molecule has 25 heavy (non-hydrogen) atoms. The van der Waals surface area contributed by atoms with Gasteiger partial charge in [-0.25, -0.2) is 0 Å². The number of para-hydroxylation sites is 1. The van der Waals surface area contributed by atoms with Gasteiger partial charge in [0, 0.05) is 6.54 Å². The molecule has 9 heteroatoms. The Morgan fingerprint density at radius 3 is 2.80 bits per heavy atom. The van der Waals surface area contributed by atoms with Crippen molar-refractivity contribution in [2.45, 2.75) is 18.5 Å². The average molecular weight is 346 g/mol. The highest BCUT2D eigenvalue weighted by atomic mass is 16.5. The molecule has 132 valence electrons. The van der Waals surface area contributed by atoms with E-state index in [0.29, 0.717) is 24.2 Å². The van der Waals surface area contributed by atoms with E-state index < -0.39 is 37.2 Å². The van der Waals surface area contributed by atoms with Gasteiger partial charge in [-0.05, 0) is 18.6 Å². The lowest BCUT2D eigenvalue weighted by molar-refractivity contribution is -0.309. The molecule has 2 aliphatic heterocycles. The van der Waals surface area contributed by atoms with Crippen molar-refractivity contribution in [1.82, 2.24) is 10.2 Å². The minimum absolute atomic E-state index is 0.274. The van der Waals surface area contributed by atoms with E-state index in [1.54, 1.807) is 24.3 Å². The predicted octanol–water partition coefficient (Wildman–Crippen LogP) is -1.90. The monoisotopic (exact) mass is 346 g/mol. The minimum atomic E-state index is -1.42. The van der Waals surface area contributed by atoms with Crippen LogP contribution in [0.2, 0.25) is 0 Å². The van der Waals surface area contributed by atoms with Gasteiger partial charge in [0.2, 0.25) is 11.8 Å². The third-order valence-corrected chi connectivity index (χ3v) is 4.14. The standard InChI is InChI=1S/C16H17N3O6/c20-12(7-25-8-13(21)22)17-11-5-6-19-14(11)15(23)18-10-4-2-1-3-9(10)16(19)24/h1-4,11,14H,5-8H2,(H,17,20)(H,18,23)(H,21,22)/p-1/t11-,14-/m0/s1. The summed E-state index contributed by atoms with van der Waals surface area (Å²) >= 11 is 0. The number of carboxylic acid groups (broad SMARTS) is 1. The Kier molecular flexibility index (Phi) is 4.66. The van der Waals surface area contributed by atoms with Crippen molar-refractivity contribution < 1.29 is 29.0 Å². The number of hydrogen-bond acceptors (Lipinski definition) is 6. The number of aliphatic carboxylic acids is 1. The third-order valence-electron chi connectivity index (χ3n) is 4.14. The van der Waals surface area contributed by atoms with Gasteiger partial charge >= 0.3 is 0 Å². The summed E-state index contributed by atoms with van der Waals surface area (Å²) in [5.74, 6) is -2.64. The molecular formula is C16H16N3O6-. The first-order chi connectivity index (χ1) is 12.0. The second-order valence-electron chi connectivity index (χ2n) is 5.81. The molecule has 1 fully saturated rings. The number of carboxylic acids is 1. The number of fused-ring (bicyclic) bond motifs is 2. The van der Waals surface area contributed by atoms with E-state index in [0.717, 1.165) is 0 Å². The Morgan fingerprint density at radius 1 is 1.28 bits per heavy atom. The molecule has 3 rings (SSSR count). The quantitative estimate of drug-likeness (QED) is 0.641. The summed E-state index contributed by atoms with van der Waals surface area (Å²) in [6, 6.07) is 5.32. The zero-order valence-electron chi connectivity index (χ0n) is 13.2. The van der Waals surface area contributed by atoms with Gasteiger partial charge in [-0.15, -0.1) is 0 Å². The van der Waals surface area contributed by atoms with Crippen LogP contribution < -0.4 is 15.7 Å². The van der Waals surface area contributed by atoms with Gasteiger partial charge in [-0.1, -0.05) is 12.1 Å². The fraction of sp³-hybridized carbons (Fsp3) is 0.375. The Morgan fingerprint density at radius 2 is 2.04 bits per heavy atom. The molecule has 0 spiro atoms. The van der Waals surface area contributed by atoms with E-state index in [-0.39, 0.29) is 11.8 Å². The van der Waals surface area contributed by atoms with Crippen molar-refractivity contribution in [2.75, 3.05) is 25.1 Å². The van der Waals surface area contributed by atoms with Gasteiger partial charge in [0.25, 0.3) is 5.91 Å². The van der Waals surface area contributed by atoms with Crippen molar-refractivity contribution in [3.63, 3.8) is 0 Å². The number of carbonyl (C=O) groups is 4. The lowest BCUT2D eigenvalue weighted by atomic mass is 10.1. The Labute approximate surface area is 142 Å². The molecular weight excluding hydrogens is 330 g/mol. The largest absolute Gasteiger partial charge is 0.548 e.